The van der Waals surface area contributed by atoms with E-state index in [9.17, 15) is 4.79 Å². The van der Waals surface area contributed by atoms with Gasteiger partial charge in [-0.15, -0.1) is 0 Å². The Morgan fingerprint density at radius 3 is 2.54 bits per heavy atom. The lowest BCUT2D eigenvalue weighted by Crippen LogP contribution is -2.17. The number of rotatable bonds is 8. The van der Waals surface area contributed by atoms with E-state index in [0.29, 0.717) is 18.1 Å². The van der Waals surface area contributed by atoms with Crippen LogP contribution in [-0.2, 0) is 22.6 Å². The molecule has 1 aliphatic rings. The summed E-state index contributed by atoms with van der Waals surface area (Å²) in [6.45, 7) is 2.49. The Hall–Kier alpha value is -2.33. The highest BCUT2D eigenvalue weighted by atomic mass is 16.6. The first kappa shape index (κ1) is 16.5. The highest BCUT2D eigenvalue weighted by Crippen LogP contribution is 2.30. The van der Waals surface area contributed by atoms with Crippen molar-refractivity contribution < 1.29 is 19.0 Å². The predicted molar refractivity (Wildman–Crippen MR) is 91.2 cm³/mol. The minimum Gasteiger partial charge on any atom is -0.485 e. The fourth-order valence-corrected chi connectivity index (χ4v) is 2.28. The van der Waals surface area contributed by atoms with Gasteiger partial charge in [0.05, 0.1) is 6.10 Å². The molecule has 0 aliphatic heterocycles. The van der Waals surface area contributed by atoms with Crippen LogP contribution in [0.15, 0.2) is 48.5 Å². The van der Waals surface area contributed by atoms with Gasteiger partial charge in [0, 0.05) is 0 Å². The third kappa shape index (κ3) is 4.83. The van der Waals surface area contributed by atoms with E-state index in [4.69, 9.17) is 14.2 Å². The molecule has 0 unspecified atom stereocenters. The molecular formula is C20H22O4. The lowest BCUT2D eigenvalue weighted by molar-refractivity contribution is -0.140. The highest BCUT2D eigenvalue weighted by molar-refractivity contribution is 5.74. The minimum absolute atomic E-state index is 0.0156. The Bertz CT molecular complexity index is 677. The molecule has 0 saturated heterocycles. The Morgan fingerprint density at radius 2 is 1.83 bits per heavy atom. The number of carbonyl (C=O) groups is 1. The molecule has 0 bridgehead atoms. The summed E-state index contributed by atoms with van der Waals surface area (Å²) in [6, 6.07) is 15.6. The second kappa shape index (κ2) is 7.97. The van der Waals surface area contributed by atoms with Crippen molar-refractivity contribution >= 4 is 5.97 Å². The van der Waals surface area contributed by atoms with Crippen LogP contribution in [0.4, 0.5) is 0 Å². The Labute approximate surface area is 142 Å². The van der Waals surface area contributed by atoms with Gasteiger partial charge in [0.15, 0.2) is 11.5 Å². The van der Waals surface area contributed by atoms with Crippen LogP contribution >= 0.6 is 0 Å². The highest BCUT2D eigenvalue weighted by Gasteiger charge is 2.23. The molecule has 0 heterocycles. The molecule has 1 aliphatic carbocycles. The van der Waals surface area contributed by atoms with Crippen LogP contribution < -0.4 is 9.47 Å². The zero-order valence-corrected chi connectivity index (χ0v) is 13.9. The van der Waals surface area contributed by atoms with Gasteiger partial charge in [-0.1, -0.05) is 43.3 Å². The number of hydrogen-bond acceptors (Lipinski definition) is 4. The quantitative estimate of drug-likeness (QED) is 0.545. The average molecular weight is 326 g/mol. The van der Waals surface area contributed by atoms with Gasteiger partial charge in [0.2, 0.25) is 0 Å². The first-order valence-electron chi connectivity index (χ1n) is 8.36. The Morgan fingerprint density at radius 1 is 1.04 bits per heavy atom. The molecule has 4 nitrogen and oxygen atoms in total. The van der Waals surface area contributed by atoms with Gasteiger partial charge in [-0.05, 0) is 42.5 Å². The Balaban J connectivity index is 1.66. The second-order valence-electron chi connectivity index (χ2n) is 5.89. The fourth-order valence-electron chi connectivity index (χ4n) is 2.28. The molecule has 0 spiro atoms. The maximum atomic E-state index is 11.9. The van der Waals surface area contributed by atoms with Crippen molar-refractivity contribution in [1.82, 2.24) is 0 Å². The molecule has 0 N–H and O–H groups in total. The minimum atomic E-state index is -0.393. The van der Waals surface area contributed by atoms with Crippen LogP contribution in [-0.4, -0.2) is 18.7 Å². The van der Waals surface area contributed by atoms with Crippen LogP contribution in [0.2, 0.25) is 0 Å². The lowest BCUT2D eigenvalue weighted by Gasteiger charge is -2.13. The maximum absolute atomic E-state index is 11.9. The Kier molecular flexibility index (Phi) is 5.49. The molecule has 2 aromatic carbocycles. The molecule has 4 heteroatoms. The topological polar surface area (TPSA) is 44.8 Å². The smallest absolute Gasteiger partial charge is 0.337 e. The van der Waals surface area contributed by atoms with E-state index < -0.39 is 5.97 Å². The van der Waals surface area contributed by atoms with Crippen molar-refractivity contribution in [3.63, 3.8) is 0 Å². The summed E-state index contributed by atoms with van der Waals surface area (Å²) in [5.74, 6) is 0.626. The largest absolute Gasteiger partial charge is 0.485 e. The van der Waals surface area contributed by atoms with Crippen molar-refractivity contribution in [3.8, 4) is 11.5 Å². The SMILES string of the molecule is CCc1ccc(OC(=O)COC2CC2)c(OCc2ccccc2)c1. The van der Waals surface area contributed by atoms with Gasteiger partial charge in [0.25, 0.3) is 0 Å². The lowest BCUT2D eigenvalue weighted by atomic mass is 10.1. The van der Waals surface area contributed by atoms with Gasteiger partial charge in [-0.25, -0.2) is 4.79 Å². The summed E-state index contributed by atoms with van der Waals surface area (Å²) >= 11 is 0. The molecule has 2 aromatic rings. The van der Waals surface area contributed by atoms with E-state index in [0.717, 1.165) is 30.4 Å². The third-order valence-electron chi connectivity index (χ3n) is 3.84. The number of esters is 1. The molecule has 0 amide bonds. The zero-order valence-electron chi connectivity index (χ0n) is 13.9. The number of benzene rings is 2. The van der Waals surface area contributed by atoms with Gasteiger partial charge in [0.1, 0.15) is 13.2 Å². The maximum Gasteiger partial charge on any atom is 0.337 e. The molecule has 126 valence electrons. The number of carbonyl (C=O) groups excluding carboxylic acids is 1. The fraction of sp³-hybridized carbons (Fsp3) is 0.350. The van der Waals surface area contributed by atoms with Crippen LogP contribution in [0.3, 0.4) is 0 Å². The summed E-state index contributed by atoms with van der Waals surface area (Å²) in [5.41, 5.74) is 2.20. The normalized spacial score (nSPS) is 13.5. The molecule has 1 fully saturated rings. The van der Waals surface area contributed by atoms with E-state index in [1.165, 1.54) is 0 Å². The average Bonchev–Trinajstić information content (AvgIpc) is 3.44. The third-order valence-corrected chi connectivity index (χ3v) is 3.84. The number of ether oxygens (including phenoxy) is 3. The van der Waals surface area contributed by atoms with E-state index in [-0.39, 0.29) is 12.7 Å². The molecular weight excluding hydrogens is 304 g/mol. The summed E-state index contributed by atoms with van der Waals surface area (Å²) in [5, 5.41) is 0. The molecule has 0 aromatic heterocycles. The molecule has 3 rings (SSSR count). The molecule has 1 saturated carbocycles. The van der Waals surface area contributed by atoms with Crippen LogP contribution in [0.1, 0.15) is 30.9 Å². The van der Waals surface area contributed by atoms with Crippen molar-refractivity contribution in [1.29, 1.82) is 0 Å². The number of hydrogen-bond donors (Lipinski definition) is 0. The van der Waals surface area contributed by atoms with E-state index >= 15 is 0 Å². The van der Waals surface area contributed by atoms with Crippen molar-refractivity contribution in [2.24, 2.45) is 0 Å². The van der Waals surface area contributed by atoms with Crippen molar-refractivity contribution in [3.05, 3.63) is 59.7 Å². The van der Waals surface area contributed by atoms with E-state index in [2.05, 4.69) is 6.92 Å². The summed E-state index contributed by atoms with van der Waals surface area (Å²) in [4.78, 5) is 11.9. The molecule has 0 atom stereocenters. The van der Waals surface area contributed by atoms with Gasteiger partial charge >= 0.3 is 5.97 Å². The summed E-state index contributed by atoms with van der Waals surface area (Å²) < 4.78 is 16.7. The second-order valence-corrected chi connectivity index (χ2v) is 5.89. The zero-order chi connectivity index (χ0) is 16.8. The number of aryl methyl sites for hydroxylation is 1. The van der Waals surface area contributed by atoms with Crippen LogP contribution in [0.25, 0.3) is 0 Å². The molecule has 24 heavy (non-hydrogen) atoms. The first-order valence-corrected chi connectivity index (χ1v) is 8.36. The monoisotopic (exact) mass is 326 g/mol. The van der Waals surface area contributed by atoms with Crippen LogP contribution in [0.5, 0.6) is 11.5 Å². The van der Waals surface area contributed by atoms with Gasteiger partial charge < -0.3 is 14.2 Å². The van der Waals surface area contributed by atoms with E-state index in [1.54, 1.807) is 6.07 Å². The van der Waals surface area contributed by atoms with E-state index in [1.807, 2.05) is 42.5 Å². The first-order chi connectivity index (χ1) is 11.7. The predicted octanol–water partition coefficient (Wildman–Crippen LogP) is 3.91. The molecule has 0 radical (unpaired) electrons. The van der Waals surface area contributed by atoms with Gasteiger partial charge in [-0.2, -0.15) is 0 Å². The van der Waals surface area contributed by atoms with Crippen molar-refractivity contribution in [2.75, 3.05) is 6.61 Å². The standard InChI is InChI=1S/C20H22O4/c1-2-15-8-11-18(24-20(21)14-22-17-9-10-17)19(12-15)23-13-16-6-4-3-5-7-16/h3-8,11-12,17H,2,9-10,13-14H2,1H3. The summed E-state index contributed by atoms with van der Waals surface area (Å²) in [7, 11) is 0. The van der Waals surface area contributed by atoms with Crippen LogP contribution in [0, 0.1) is 0 Å². The van der Waals surface area contributed by atoms with Gasteiger partial charge in [-0.3, -0.25) is 0 Å². The van der Waals surface area contributed by atoms with Crippen molar-refractivity contribution in [2.45, 2.75) is 38.9 Å². The summed E-state index contributed by atoms with van der Waals surface area (Å²) in [6.07, 6.45) is 3.18.